The number of thiophene rings is 1. The van der Waals surface area contributed by atoms with Crippen LogP contribution < -0.4 is 11.3 Å². The highest BCUT2D eigenvalue weighted by Gasteiger charge is 2.14. The summed E-state index contributed by atoms with van der Waals surface area (Å²) in [7, 11) is 0. The molecule has 0 saturated carbocycles. The average molecular weight is 299 g/mol. The number of aryl methyl sites for hydroxylation is 3. The monoisotopic (exact) mass is 299 g/mol. The predicted octanol–water partition coefficient (Wildman–Crippen LogP) is 3.22. The molecule has 0 aliphatic carbocycles. The first kappa shape index (κ1) is 13.9. The number of nitrogens with two attached hydrogens (primary N) is 1. The van der Waals surface area contributed by atoms with E-state index in [0.29, 0.717) is 11.6 Å². The molecular formula is C15H17N5S. The van der Waals surface area contributed by atoms with Crippen LogP contribution >= 0.6 is 11.3 Å². The van der Waals surface area contributed by atoms with Crippen molar-refractivity contribution in [2.24, 2.45) is 5.84 Å². The van der Waals surface area contributed by atoms with Crippen molar-refractivity contribution in [1.29, 1.82) is 0 Å². The van der Waals surface area contributed by atoms with Gasteiger partial charge in [0.05, 0.1) is 5.39 Å². The first-order chi connectivity index (χ1) is 10.1. The number of rotatable bonds is 3. The summed E-state index contributed by atoms with van der Waals surface area (Å²) < 4.78 is 0. The van der Waals surface area contributed by atoms with Crippen LogP contribution in [0.1, 0.15) is 22.9 Å². The number of nitrogens with one attached hydrogen (secondary N) is 1. The van der Waals surface area contributed by atoms with Crippen LogP contribution in [-0.2, 0) is 6.42 Å². The van der Waals surface area contributed by atoms with Gasteiger partial charge in [0.25, 0.3) is 0 Å². The van der Waals surface area contributed by atoms with E-state index in [4.69, 9.17) is 5.84 Å². The Kier molecular flexibility index (Phi) is 3.57. The molecule has 0 unspecified atom stereocenters. The number of hydrazine groups is 1. The van der Waals surface area contributed by atoms with Crippen LogP contribution in [0.3, 0.4) is 0 Å². The Hall–Kier alpha value is -2.05. The van der Waals surface area contributed by atoms with Crippen LogP contribution in [0.2, 0.25) is 0 Å². The lowest BCUT2D eigenvalue weighted by atomic mass is 10.1. The SMILES string of the molecule is CCc1cc2c(NN)nc(-c3ncc(C)cc3C)nc2s1. The van der Waals surface area contributed by atoms with Gasteiger partial charge < -0.3 is 5.43 Å². The van der Waals surface area contributed by atoms with E-state index in [0.717, 1.165) is 33.5 Å². The van der Waals surface area contributed by atoms with Crippen LogP contribution in [0.4, 0.5) is 5.82 Å². The summed E-state index contributed by atoms with van der Waals surface area (Å²) in [6, 6.07) is 4.17. The van der Waals surface area contributed by atoms with Crippen molar-refractivity contribution >= 4 is 27.4 Å². The second-order valence-corrected chi connectivity index (χ2v) is 6.12. The van der Waals surface area contributed by atoms with Crippen LogP contribution in [0.25, 0.3) is 21.7 Å². The fourth-order valence-electron chi connectivity index (χ4n) is 2.31. The molecule has 0 amide bonds. The van der Waals surface area contributed by atoms with Crippen molar-refractivity contribution in [3.8, 4) is 11.5 Å². The van der Waals surface area contributed by atoms with Gasteiger partial charge in [-0.15, -0.1) is 11.3 Å². The number of fused-ring (bicyclic) bond motifs is 1. The van der Waals surface area contributed by atoms with Crippen LogP contribution in [0.5, 0.6) is 0 Å². The van der Waals surface area contributed by atoms with Gasteiger partial charge in [0, 0.05) is 11.1 Å². The molecule has 0 spiro atoms. The maximum Gasteiger partial charge on any atom is 0.181 e. The van der Waals surface area contributed by atoms with Gasteiger partial charge in [-0.05, 0) is 37.5 Å². The molecule has 0 bridgehead atoms. The van der Waals surface area contributed by atoms with Gasteiger partial charge in [0.1, 0.15) is 10.5 Å². The molecule has 0 atom stereocenters. The summed E-state index contributed by atoms with van der Waals surface area (Å²) in [5, 5.41) is 0.966. The summed E-state index contributed by atoms with van der Waals surface area (Å²) >= 11 is 1.67. The van der Waals surface area contributed by atoms with Gasteiger partial charge in [0.2, 0.25) is 0 Å². The van der Waals surface area contributed by atoms with Gasteiger partial charge >= 0.3 is 0 Å². The largest absolute Gasteiger partial charge is 0.308 e. The molecule has 0 aliphatic rings. The van der Waals surface area contributed by atoms with Crippen molar-refractivity contribution in [1.82, 2.24) is 15.0 Å². The fourth-order valence-corrected chi connectivity index (χ4v) is 3.28. The Bertz CT molecular complexity index is 809. The zero-order chi connectivity index (χ0) is 15.0. The number of nitrogens with zero attached hydrogens (tertiary/aromatic N) is 3. The van der Waals surface area contributed by atoms with Crippen molar-refractivity contribution in [2.75, 3.05) is 5.43 Å². The van der Waals surface area contributed by atoms with E-state index in [1.54, 1.807) is 11.3 Å². The standard InChI is InChI=1S/C15H17N5S/c1-4-10-6-11-13(20-16)18-14(19-15(11)21-10)12-9(3)5-8(2)7-17-12/h5-7H,4,16H2,1-3H3,(H,18,19,20). The highest BCUT2D eigenvalue weighted by Crippen LogP contribution is 2.31. The molecular weight excluding hydrogens is 282 g/mol. The third kappa shape index (κ3) is 2.48. The van der Waals surface area contributed by atoms with Crippen LogP contribution in [-0.4, -0.2) is 15.0 Å². The number of anilines is 1. The quantitative estimate of drug-likeness (QED) is 0.573. The topological polar surface area (TPSA) is 76.7 Å². The summed E-state index contributed by atoms with van der Waals surface area (Å²) in [4.78, 5) is 15.9. The first-order valence-electron chi connectivity index (χ1n) is 6.83. The molecule has 3 aromatic rings. The lowest BCUT2D eigenvalue weighted by Gasteiger charge is -2.07. The Morgan fingerprint density at radius 1 is 1.24 bits per heavy atom. The lowest BCUT2D eigenvalue weighted by Crippen LogP contribution is -2.10. The molecule has 21 heavy (non-hydrogen) atoms. The van der Waals surface area contributed by atoms with E-state index in [1.165, 1.54) is 4.88 Å². The van der Waals surface area contributed by atoms with Gasteiger partial charge in [-0.3, -0.25) is 4.98 Å². The summed E-state index contributed by atoms with van der Waals surface area (Å²) in [6.07, 6.45) is 2.81. The van der Waals surface area contributed by atoms with E-state index in [9.17, 15) is 0 Å². The second-order valence-electron chi connectivity index (χ2n) is 5.00. The van der Waals surface area contributed by atoms with Crippen molar-refractivity contribution < 1.29 is 0 Å². The highest BCUT2D eigenvalue weighted by atomic mass is 32.1. The molecule has 0 fully saturated rings. The van der Waals surface area contributed by atoms with Gasteiger partial charge in [-0.2, -0.15) is 0 Å². The molecule has 0 radical (unpaired) electrons. The molecule has 3 heterocycles. The van der Waals surface area contributed by atoms with E-state index in [2.05, 4.69) is 39.4 Å². The summed E-state index contributed by atoms with van der Waals surface area (Å²) in [5.74, 6) is 6.87. The van der Waals surface area contributed by atoms with Crippen LogP contribution in [0.15, 0.2) is 18.3 Å². The lowest BCUT2D eigenvalue weighted by molar-refractivity contribution is 1.13. The van der Waals surface area contributed by atoms with E-state index in [1.807, 2.05) is 20.0 Å². The molecule has 108 valence electrons. The Balaban J connectivity index is 2.23. The van der Waals surface area contributed by atoms with Crippen molar-refractivity contribution in [3.63, 3.8) is 0 Å². The molecule has 0 aromatic carbocycles. The molecule has 0 saturated heterocycles. The molecule has 0 aliphatic heterocycles. The predicted molar refractivity (Wildman–Crippen MR) is 87.3 cm³/mol. The Labute approximate surface area is 127 Å². The number of hydrogen-bond donors (Lipinski definition) is 2. The van der Waals surface area contributed by atoms with Gasteiger partial charge in [-0.25, -0.2) is 15.8 Å². The Morgan fingerprint density at radius 2 is 2.05 bits per heavy atom. The number of aromatic nitrogens is 3. The smallest absolute Gasteiger partial charge is 0.181 e. The molecule has 3 rings (SSSR count). The summed E-state index contributed by atoms with van der Waals surface area (Å²) in [5.41, 5.74) is 5.66. The second kappa shape index (κ2) is 5.38. The third-order valence-electron chi connectivity index (χ3n) is 3.36. The zero-order valence-electron chi connectivity index (χ0n) is 12.3. The number of pyridine rings is 1. The molecule has 3 N–H and O–H groups in total. The van der Waals surface area contributed by atoms with E-state index >= 15 is 0 Å². The van der Waals surface area contributed by atoms with Gasteiger partial charge in [-0.1, -0.05) is 13.0 Å². The first-order valence-corrected chi connectivity index (χ1v) is 7.64. The molecule has 3 aromatic heterocycles. The third-order valence-corrected chi connectivity index (χ3v) is 4.53. The number of nitrogen functional groups attached to an aromatic ring is 1. The van der Waals surface area contributed by atoms with Crippen molar-refractivity contribution in [2.45, 2.75) is 27.2 Å². The van der Waals surface area contributed by atoms with E-state index < -0.39 is 0 Å². The van der Waals surface area contributed by atoms with Crippen molar-refractivity contribution in [3.05, 3.63) is 34.3 Å². The Morgan fingerprint density at radius 3 is 2.71 bits per heavy atom. The number of hydrogen-bond acceptors (Lipinski definition) is 6. The van der Waals surface area contributed by atoms with Gasteiger partial charge in [0.15, 0.2) is 11.6 Å². The maximum atomic E-state index is 5.62. The van der Waals surface area contributed by atoms with E-state index in [-0.39, 0.29) is 0 Å². The minimum Gasteiger partial charge on any atom is -0.308 e. The maximum absolute atomic E-state index is 5.62. The zero-order valence-corrected chi connectivity index (χ0v) is 13.1. The minimum absolute atomic E-state index is 0.609. The fraction of sp³-hybridized carbons (Fsp3) is 0.267. The summed E-state index contributed by atoms with van der Waals surface area (Å²) in [6.45, 7) is 6.16. The average Bonchev–Trinajstić information content (AvgIpc) is 2.89. The highest BCUT2D eigenvalue weighted by molar-refractivity contribution is 7.18. The normalized spacial score (nSPS) is 11.0. The molecule has 5 nitrogen and oxygen atoms in total. The molecule has 6 heteroatoms. The minimum atomic E-state index is 0.609. The van der Waals surface area contributed by atoms with Crippen LogP contribution in [0, 0.1) is 13.8 Å².